The van der Waals surface area contributed by atoms with Crippen LogP contribution in [-0.2, 0) is 7.05 Å². The minimum absolute atomic E-state index is 0.0864. The molecule has 2 aromatic rings. The van der Waals surface area contributed by atoms with Gasteiger partial charge in [-0.25, -0.2) is 9.18 Å². The molecule has 1 aromatic carbocycles. The molecular formula is C13H9FN2O5. The molecule has 0 amide bonds. The summed E-state index contributed by atoms with van der Waals surface area (Å²) >= 11 is 0. The number of aryl methyl sites for hydroxylation is 1. The Hall–Kier alpha value is -3.03. The molecule has 0 saturated carbocycles. The third-order valence-electron chi connectivity index (χ3n) is 2.66. The van der Waals surface area contributed by atoms with Gasteiger partial charge in [0, 0.05) is 31.4 Å². The smallest absolute Gasteiger partial charge is 0.344 e. The topological polar surface area (TPSA) is 91.4 Å². The first-order valence-electron chi connectivity index (χ1n) is 5.71. The van der Waals surface area contributed by atoms with Crippen LogP contribution in [0, 0.1) is 15.9 Å². The maximum Gasteiger partial charge on any atom is 0.344 e. The van der Waals surface area contributed by atoms with Gasteiger partial charge in [0.1, 0.15) is 5.82 Å². The summed E-state index contributed by atoms with van der Waals surface area (Å²) in [4.78, 5) is 33.3. The molecule has 108 valence electrons. The number of carbonyl (C=O) groups is 1. The molecule has 0 fully saturated rings. The second-order valence-electron chi connectivity index (χ2n) is 4.12. The molecule has 2 rings (SSSR count). The van der Waals surface area contributed by atoms with Gasteiger partial charge in [-0.05, 0) is 12.1 Å². The van der Waals surface area contributed by atoms with Crippen LogP contribution in [0.15, 0.2) is 41.3 Å². The van der Waals surface area contributed by atoms with Crippen molar-refractivity contribution in [3.63, 3.8) is 0 Å². The number of halogens is 1. The fraction of sp³-hybridized carbons (Fsp3) is 0.0769. The van der Waals surface area contributed by atoms with Crippen molar-refractivity contribution in [2.75, 3.05) is 0 Å². The molecule has 0 atom stereocenters. The van der Waals surface area contributed by atoms with Crippen LogP contribution in [0.4, 0.5) is 10.1 Å². The minimum atomic E-state index is -0.985. The van der Waals surface area contributed by atoms with E-state index in [1.54, 1.807) is 0 Å². The number of nitro groups is 1. The summed E-state index contributed by atoms with van der Waals surface area (Å²) in [6, 6.07) is 4.84. The molecule has 0 bridgehead atoms. The average molecular weight is 292 g/mol. The number of hydrogen-bond acceptors (Lipinski definition) is 5. The molecule has 0 aliphatic carbocycles. The first kappa shape index (κ1) is 14.4. The van der Waals surface area contributed by atoms with Crippen LogP contribution in [0.2, 0.25) is 0 Å². The van der Waals surface area contributed by atoms with E-state index in [1.165, 1.54) is 23.9 Å². The van der Waals surface area contributed by atoms with Crippen molar-refractivity contribution in [1.82, 2.24) is 4.57 Å². The number of esters is 1. The number of aromatic nitrogens is 1. The third kappa shape index (κ3) is 3.11. The Bertz CT molecular complexity index is 784. The lowest BCUT2D eigenvalue weighted by Gasteiger charge is -2.05. The number of ether oxygens (including phenoxy) is 1. The lowest BCUT2D eigenvalue weighted by molar-refractivity contribution is -0.385. The Morgan fingerprint density at radius 3 is 2.67 bits per heavy atom. The quantitative estimate of drug-likeness (QED) is 0.371. The predicted octanol–water partition coefficient (Wildman–Crippen LogP) is 1.65. The van der Waals surface area contributed by atoms with Crippen molar-refractivity contribution >= 4 is 11.7 Å². The van der Waals surface area contributed by atoms with Gasteiger partial charge in [-0.2, -0.15) is 0 Å². The Labute approximate surface area is 117 Å². The summed E-state index contributed by atoms with van der Waals surface area (Å²) in [7, 11) is 1.49. The molecule has 0 saturated heterocycles. The zero-order chi connectivity index (χ0) is 15.6. The van der Waals surface area contributed by atoms with Crippen molar-refractivity contribution in [3.8, 4) is 5.75 Å². The zero-order valence-electron chi connectivity index (χ0n) is 10.8. The highest BCUT2D eigenvalue weighted by Gasteiger charge is 2.20. The number of pyridine rings is 1. The van der Waals surface area contributed by atoms with Crippen LogP contribution in [0.25, 0.3) is 0 Å². The van der Waals surface area contributed by atoms with Crippen LogP contribution >= 0.6 is 0 Å². The van der Waals surface area contributed by atoms with Gasteiger partial charge in [-0.15, -0.1) is 0 Å². The predicted molar refractivity (Wildman–Crippen MR) is 69.7 cm³/mol. The van der Waals surface area contributed by atoms with Crippen LogP contribution in [0.5, 0.6) is 5.75 Å². The van der Waals surface area contributed by atoms with E-state index >= 15 is 0 Å². The number of rotatable bonds is 3. The van der Waals surface area contributed by atoms with Crippen LogP contribution in [0.1, 0.15) is 10.4 Å². The average Bonchev–Trinajstić information content (AvgIpc) is 2.41. The molecule has 8 heteroatoms. The molecule has 21 heavy (non-hydrogen) atoms. The summed E-state index contributed by atoms with van der Waals surface area (Å²) < 4.78 is 19.2. The molecule has 7 nitrogen and oxygen atoms in total. The summed E-state index contributed by atoms with van der Waals surface area (Å²) in [6.07, 6.45) is 1.35. The van der Waals surface area contributed by atoms with Crippen molar-refractivity contribution in [2.24, 2.45) is 7.05 Å². The van der Waals surface area contributed by atoms with E-state index in [2.05, 4.69) is 0 Å². The van der Waals surface area contributed by atoms with E-state index in [9.17, 15) is 24.1 Å². The molecular weight excluding hydrogens is 283 g/mol. The molecule has 0 N–H and O–H groups in total. The van der Waals surface area contributed by atoms with Crippen molar-refractivity contribution in [3.05, 3.63) is 68.4 Å². The van der Waals surface area contributed by atoms with E-state index in [0.29, 0.717) is 0 Å². The first-order valence-corrected chi connectivity index (χ1v) is 5.71. The van der Waals surface area contributed by atoms with Crippen molar-refractivity contribution < 1.29 is 18.8 Å². The normalized spacial score (nSPS) is 10.2. The van der Waals surface area contributed by atoms with Gasteiger partial charge in [0.05, 0.1) is 10.5 Å². The monoisotopic (exact) mass is 292 g/mol. The molecule has 1 heterocycles. The minimum Gasteiger partial charge on any atom is -0.415 e. The highest BCUT2D eigenvalue weighted by Crippen LogP contribution is 2.28. The Kier molecular flexibility index (Phi) is 3.79. The summed E-state index contributed by atoms with van der Waals surface area (Å²) in [5.74, 6) is -2.29. The fourth-order valence-electron chi connectivity index (χ4n) is 1.55. The van der Waals surface area contributed by atoms with E-state index in [0.717, 1.165) is 24.3 Å². The summed E-state index contributed by atoms with van der Waals surface area (Å²) in [5.41, 5.74) is -1.08. The maximum absolute atomic E-state index is 13.1. The molecule has 0 spiro atoms. The molecule has 0 aliphatic rings. The van der Waals surface area contributed by atoms with E-state index in [4.69, 9.17) is 4.74 Å². The molecule has 0 radical (unpaired) electrons. The fourth-order valence-corrected chi connectivity index (χ4v) is 1.55. The van der Waals surface area contributed by atoms with Crippen molar-refractivity contribution in [2.45, 2.75) is 0 Å². The van der Waals surface area contributed by atoms with Gasteiger partial charge in [0.15, 0.2) is 0 Å². The maximum atomic E-state index is 13.1. The Balaban J connectivity index is 2.35. The van der Waals surface area contributed by atoms with Crippen LogP contribution < -0.4 is 10.3 Å². The van der Waals surface area contributed by atoms with Gasteiger partial charge in [-0.1, -0.05) is 0 Å². The number of carbonyl (C=O) groups excluding carboxylic acids is 1. The molecule has 0 unspecified atom stereocenters. The standard InChI is InChI=1S/C13H9FN2O5/c1-15-5-4-8(6-12(15)17)13(18)21-11-7-9(14)2-3-10(11)16(19)20/h2-7H,1H3. The van der Waals surface area contributed by atoms with Crippen LogP contribution in [-0.4, -0.2) is 15.5 Å². The number of nitro benzene ring substituents is 1. The van der Waals surface area contributed by atoms with Gasteiger partial charge >= 0.3 is 11.7 Å². The van der Waals surface area contributed by atoms with Gasteiger partial charge in [-0.3, -0.25) is 14.9 Å². The SMILES string of the molecule is Cn1ccc(C(=O)Oc2cc(F)ccc2[N+](=O)[O-])cc1=O. The molecule has 0 aliphatic heterocycles. The van der Waals surface area contributed by atoms with E-state index in [1.807, 2.05) is 0 Å². The molecule has 1 aromatic heterocycles. The summed E-state index contributed by atoms with van der Waals surface area (Å²) in [5, 5.41) is 10.8. The van der Waals surface area contributed by atoms with Gasteiger partial charge in [0.25, 0.3) is 5.56 Å². The second-order valence-corrected chi connectivity index (χ2v) is 4.12. The van der Waals surface area contributed by atoms with E-state index < -0.39 is 33.7 Å². The first-order chi connectivity index (χ1) is 9.88. The Morgan fingerprint density at radius 2 is 2.05 bits per heavy atom. The van der Waals surface area contributed by atoms with Gasteiger partial charge < -0.3 is 9.30 Å². The summed E-state index contributed by atoms with van der Waals surface area (Å²) in [6.45, 7) is 0. The second kappa shape index (κ2) is 5.53. The third-order valence-corrected chi connectivity index (χ3v) is 2.66. The lowest BCUT2D eigenvalue weighted by Crippen LogP contribution is -2.19. The zero-order valence-corrected chi connectivity index (χ0v) is 10.8. The Morgan fingerprint density at radius 1 is 1.33 bits per heavy atom. The lowest BCUT2D eigenvalue weighted by atomic mass is 10.2. The highest BCUT2D eigenvalue weighted by molar-refractivity contribution is 5.91. The number of nitrogens with zero attached hydrogens (tertiary/aromatic N) is 2. The van der Waals surface area contributed by atoms with Crippen LogP contribution in [0.3, 0.4) is 0 Å². The van der Waals surface area contributed by atoms with E-state index in [-0.39, 0.29) is 5.56 Å². The number of benzene rings is 1. The largest absolute Gasteiger partial charge is 0.415 e. The van der Waals surface area contributed by atoms with Crippen molar-refractivity contribution in [1.29, 1.82) is 0 Å². The highest BCUT2D eigenvalue weighted by atomic mass is 19.1. The van der Waals surface area contributed by atoms with Gasteiger partial charge in [0.2, 0.25) is 5.75 Å². The number of hydrogen-bond donors (Lipinski definition) is 0.